The van der Waals surface area contributed by atoms with Gasteiger partial charge in [0.1, 0.15) is 0 Å². The van der Waals surface area contributed by atoms with Gasteiger partial charge in [-0.1, -0.05) is 115 Å². The van der Waals surface area contributed by atoms with E-state index in [2.05, 4.69) is 184 Å². The lowest BCUT2D eigenvalue weighted by molar-refractivity contribution is 0.785. The number of hydrogen-bond acceptors (Lipinski definition) is 1. The molecule has 1 unspecified atom stereocenters. The van der Waals surface area contributed by atoms with Gasteiger partial charge in [0.25, 0.3) is 0 Å². The molecule has 6 aromatic carbocycles. The maximum atomic E-state index is 2.56. The van der Waals surface area contributed by atoms with E-state index in [-0.39, 0.29) is 6.04 Å². The maximum absolute atomic E-state index is 2.56. The Hall–Kier alpha value is -6.06. The van der Waals surface area contributed by atoms with Crippen molar-refractivity contribution >= 4 is 66.8 Å². The Labute approximate surface area is 285 Å². The van der Waals surface area contributed by atoms with Gasteiger partial charge in [-0.15, -0.1) is 0 Å². The molecule has 0 N–H and O–H groups in total. The van der Waals surface area contributed by atoms with E-state index in [4.69, 9.17) is 0 Å². The van der Waals surface area contributed by atoms with Gasteiger partial charge in [0, 0.05) is 44.3 Å². The predicted octanol–water partition coefficient (Wildman–Crippen LogP) is 11.9. The third-order valence-corrected chi connectivity index (χ3v) is 10.5. The molecule has 10 rings (SSSR count). The van der Waals surface area contributed by atoms with Crippen molar-refractivity contribution in [2.24, 2.45) is 0 Å². The third-order valence-electron chi connectivity index (χ3n) is 10.5. The van der Waals surface area contributed by atoms with E-state index in [0.29, 0.717) is 0 Å². The summed E-state index contributed by atoms with van der Waals surface area (Å²) in [5, 5.41) is 5.13. The average Bonchev–Trinajstić information content (AvgIpc) is 3.69. The Bertz CT molecular complexity index is 2630. The van der Waals surface area contributed by atoms with Crippen LogP contribution in [0.5, 0.6) is 0 Å². The fourth-order valence-corrected chi connectivity index (χ4v) is 8.30. The molecule has 8 aromatic rings. The fraction of sp³-hybridized carbons (Fsp3) is 0.0870. The summed E-state index contributed by atoms with van der Waals surface area (Å²) in [6.07, 6.45) is 14.3. The number of benzene rings is 6. The summed E-state index contributed by atoms with van der Waals surface area (Å²) in [5.74, 6) is 0. The number of nitrogens with zero attached hydrogens (tertiary/aromatic N) is 3. The molecular formula is C46H35N3. The van der Waals surface area contributed by atoms with Crippen LogP contribution in [0.2, 0.25) is 0 Å². The molecule has 0 bridgehead atoms. The first kappa shape index (κ1) is 28.0. The van der Waals surface area contributed by atoms with Gasteiger partial charge in [-0.05, 0) is 85.0 Å². The van der Waals surface area contributed by atoms with Crippen LogP contribution in [-0.4, -0.2) is 15.2 Å². The fourth-order valence-electron chi connectivity index (χ4n) is 8.30. The van der Waals surface area contributed by atoms with Crippen LogP contribution >= 0.6 is 0 Å². The third kappa shape index (κ3) is 4.43. The SMILES string of the molecule is C1=CCC(N(c2ccccc2)c2ccc(-n3c4ccccc4c4ccc5c6ccccc6n(C6=Cc7ccccc7CC6)c5c43)cc2)C=C1. The van der Waals surface area contributed by atoms with Crippen molar-refractivity contribution in [3.05, 3.63) is 175 Å². The summed E-state index contributed by atoms with van der Waals surface area (Å²) in [4.78, 5) is 2.46. The number of aromatic nitrogens is 2. The van der Waals surface area contributed by atoms with Crippen molar-refractivity contribution < 1.29 is 0 Å². The molecule has 0 aliphatic heterocycles. The molecule has 0 fully saturated rings. The Morgan fingerprint density at radius 3 is 1.88 bits per heavy atom. The topological polar surface area (TPSA) is 13.1 Å². The lowest BCUT2D eigenvalue weighted by Crippen LogP contribution is -2.29. The van der Waals surface area contributed by atoms with Crippen molar-refractivity contribution in [3.63, 3.8) is 0 Å². The lowest BCUT2D eigenvalue weighted by Gasteiger charge is -2.32. The lowest BCUT2D eigenvalue weighted by atomic mass is 9.95. The van der Waals surface area contributed by atoms with Crippen LogP contribution < -0.4 is 4.90 Å². The van der Waals surface area contributed by atoms with Gasteiger partial charge in [-0.3, -0.25) is 0 Å². The van der Waals surface area contributed by atoms with E-state index in [9.17, 15) is 0 Å². The normalized spacial score (nSPS) is 15.7. The Morgan fingerprint density at radius 1 is 0.510 bits per heavy atom. The van der Waals surface area contributed by atoms with Crippen LogP contribution in [0.15, 0.2) is 164 Å². The summed E-state index contributed by atoms with van der Waals surface area (Å²) in [7, 11) is 0. The van der Waals surface area contributed by atoms with Gasteiger partial charge in [0.2, 0.25) is 0 Å². The number of hydrogen-bond donors (Lipinski definition) is 0. The molecule has 3 nitrogen and oxygen atoms in total. The van der Waals surface area contributed by atoms with E-state index >= 15 is 0 Å². The summed E-state index contributed by atoms with van der Waals surface area (Å²) in [5.41, 5.74) is 12.6. The molecule has 0 spiro atoms. The minimum atomic E-state index is 0.260. The summed E-state index contributed by atoms with van der Waals surface area (Å²) < 4.78 is 5.06. The quantitative estimate of drug-likeness (QED) is 0.185. The van der Waals surface area contributed by atoms with Crippen molar-refractivity contribution in [3.8, 4) is 5.69 Å². The Morgan fingerprint density at radius 2 is 1.14 bits per heavy atom. The van der Waals surface area contributed by atoms with E-state index in [1.165, 1.54) is 71.8 Å². The molecule has 2 aliphatic rings. The second-order valence-electron chi connectivity index (χ2n) is 13.2. The van der Waals surface area contributed by atoms with Crippen molar-refractivity contribution in [1.29, 1.82) is 0 Å². The van der Waals surface area contributed by atoms with Crippen LogP contribution in [0.1, 0.15) is 24.0 Å². The molecule has 3 heteroatoms. The first-order chi connectivity index (χ1) is 24.3. The standard InChI is InChI=1S/C46H35N3/c1-3-15-34(16-4-1)47(35-17-5-2-6-18-35)36-25-27-37(28-26-36)48-43-21-11-9-19-39(43)41-29-30-42-40-20-10-12-22-44(40)49(46(42)45(41)48)38-24-23-32-13-7-8-14-33(32)31-38/h1-17,19-22,25-31,35H,18,23-24H2. The van der Waals surface area contributed by atoms with Crippen molar-refractivity contribution in [2.45, 2.75) is 25.3 Å². The highest BCUT2D eigenvalue weighted by Crippen LogP contribution is 2.43. The minimum Gasteiger partial charge on any atom is -0.334 e. The predicted molar refractivity (Wildman–Crippen MR) is 208 cm³/mol. The summed E-state index contributed by atoms with van der Waals surface area (Å²) >= 11 is 0. The molecule has 0 amide bonds. The van der Waals surface area contributed by atoms with Gasteiger partial charge < -0.3 is 14.0 Å². The highest BCUT2D eigenvalue weighted by Gasteiger charge is 2.24. The number of rotatable bonds is 5. The molecule has 49 heavy (non-hydrogen) atoms. The largest absolute Gasteiger partial charge is 0.334 e. The van der Waals surface area contributed by atoms with E-state index in [0.717, 1.165) is 24.9 Å². The zero-order valence-electron chi connectivity index (χ0n) is 27.2. The second kappa shape index (κ2) is 11.3. The molecule has 0 saturated carbocycles. The van der Waals surface area contributed by atoms with Gasteiger partial charge in [0.05, 0.1) is 28.1 Å². The number of para-hydroxylation sites is 3. The number of allylic oxidation sites excluding steroid dienone is 3. The van der Waals surface area contributed by atoms with E-state index in [1.807, 2.05) is 0 Å². The van der Waals surface area contributed by atoms with Gasteiger partial charge in [0.15, 0.2) is 0 Å². The Balaban J connectivity index is 1.23. The molecule has 2 heterocycles. The first-order valence-electron chi connectivity index (χ1n) is 17.4. The maximum Gasteiger partial charge on any atom is 0.0788 e. The van der Waals surface area contributed by atoms with Crippen LogP contribution in [0, 0.1) is 0 Å². The van der Waals surface area contributed by atoms with Crippen LogP contribution in [0.3, 0.4) is 0 Å². The van der Waals surface area contributed by atoms with Gasteiger partial charge in [-0.25, -0.2) is 0 Å². The summed E-state index contributed by atoms with van der Waals surface area (Å²) in [6.45, 7) is 0. The van der Waals surface area contributed by atoms with Crippen LogP contribution in [-0.2, 0) is 6.42 Å². The monoisotopic (exact) mass is 629 g/mol. The number of anilines is 2. The van der Waals surface area contributed by atoms with E-state index in [1.54, 1.807) is 0 Å². The summed E-state index contributed by atoms with van der Waals surface area (Å²) in [6, 6.07) is 51.6. The molecule has 2 aromatic heterocycles. The molecule has 2 aliphatic carbocycles. The first-order valence-corrected chi connectivity index (χ1v) is 17.4. The highest BCUT2D eigenvalue weighted by molar-refractivity contribution is 6.24. The second-order valence-corrected chi connectivity index (χ2v) is 13.2. The van der Waals surface area contributed by atoms with Gasteiger partial charge >= 0.3 is 0 Å². The minimum absolute atomic E-state index is 0.260. The molecule has 1 atom stereocenters. The molecule has 0 radical (unpaired) electrons. The smallest absolute Gasteiger partial charge is 0.0788 e. The molecule has 0 saturated heterocycles. The number of fused-ring (bicyclic) bond motifs is 8. The average molecular weight is 630 g/mol. The van der Waals surface area contributed by atoms with Crippen LogP contribution in [0.4, 0.5) is 11.4 Å². The number of aryl methyl sites for hydroxylation is 1. The highest BCUT2D eigenvalue weighted by atomic mass is 15.2. The van der Waals surface area contributed by atoms with Gasteiger partial charge in [-0.2, -0.15) is 0 Å². The van der Waals surface area contributed by atoms with E-state index < -0.39 is 0 Å². The zero-order chi connectivity index (χ0) is 32.3. The zero-order valence-corrected chi connectivity index (χ0v) is 27.2. The molecular weight excluding hydrogens is 595 g/mol. The Kier molecular flexibility index (Phi) is 6.45. The van der Waals surface area contributed by atoms with Crippen molar-refractivity contribution in [1.82, 2.24) is 9.13 Å². The van der Waals surface area contributed by atoms with Crippen LogP contribution in [0.25, 0.3) is 61.1 Å². The molecule has 234 valence electrons. The van der Waals surface area contributed by atoms with Crippen molar-refractivity contribution in [2.75, 3.05) is 4.90 Å².